The van der Waals surface area contributed by atoms with Gasteiger partial charge in [0.2, 0.25) is 0 Å². The fraction of sp³-hybridized carbons (Fsp3) is 0. The van der Waals surface area contributed by atoms with Crippen LogP contribution in [0.2, 0.25) is 0 Å². The summed E-state index contributed by atoms with van der Waals surface area (Å²) in [6.07, 6.45) is 3.61. The second kappa shape index (κ2) is 3.67. The molecule has 0 amide bonds. The van der Waals surface area contributed by atoms with Crippen LogP contribution in [0.4, 0.5) is 5.69 Å². The maximum absolute atomic E-state index is 10.6. The minimum atomic E-state index is -0.399. The zero-order valence-corrected chi connectivity index (χ0v) is 9.42. The van der Waals surface area contributed by atoms with Crippen LogP contribution in [-0.4, -0.2) is 14.3 Å². The SMILES string of the molecule is O=[N+]([O-])c1ccc(-c2csc3nccn23)cc1. The molecule has 5 nitrogen and oxygen atoms in total. The summed E-state index contributed by atoms with van der Waals surface area (Å²) in [6, 6.07) is 6.52. The second-order valence-electron chi connectivity index (χ2n) is 3.50. The summed E-state index contributed by atoms with van der Waals surface area (Å²) in [5.74, 6) is 0. The lowest BCUT2D eigenvalue weighted by Crippen LogP contribution is -1.88. The van der Waals surface area contributed by atoms with E-state index in [1.807, 2.05) is 16.0 Å². The lowest BCUT2D eigenvalue weighted by molar-refractivity contribution is -0.384. The first-order valence-electron chi connectivity index (χ1n) is 4.91. The number of hydrogen-bond donors (Lipinski definition) is 0. The molecule has 0 aliphatic heterocycles. The molecule has 0 aliphatic rings. The lowest BCUT2D eigenvalue weighted by atomic mass is 10.1. The number of rotatable bonds is 2. The van der Waals surface area contributed by atoms with E-state index in [1.165, 1.54) is 12.1 Å². The predicted octanol–water partition coefficient (Wildman–Crippen LogP) is 2.97. The Morgan fingerprint density at radius 1 is 1.29 bits per heavy atom. The Labute approximate surface area is 100 Å². The second-order valence-corrected chi connectivity index (χ2v) is 4.34. The summed E-state index contributed by atoms with van der Waals surface area (Å²) < 4.78 is 1.96. The highest BCUT2D eigenvalue weighted by Gasteiger charge is 2.09. The van der Waals surface area contributed by atoms with Gasteiger partial charge in [0.05, 0.1) is 10.6 Å². The highest BCUT2D eigenvalue weighted by molar-refractivity contribution is 7.15. The van der Waals surface area contributed by atoms with Crippen LogP contribution in [0.3, 0.4) is 0 Å². The molecule has 0 unspecified atom stereocenters. The van der Waals surface area contributed by atoms with Crippen LogP contribution in [0.1, 0.15) is 0 Å². The first kappa shape index (κ1) is 9.98. The molecule has 0 spiro atoms. The fourth-order valence-electron chi connectivity index (χ4n) is 1.69. The fourth-order valence-corrected chi connectivity index (χ4v) is 2.55. The summed E-state index contributed by atoms with van der Waals surface area (Å²) in [6.45, 7) is 0. The van der Waals surface area contributed by atoms with E-state index >= 15 is 0 Å². The van der Waals surface area contributed by atoms with Crippen molar-refractivity contribution in [2.75, 3.05) is 0 Å². The van der Waals surface area contributed by atoms with Crippen LogP contribution in [0.25, 0.3) is 16.2 Å². The average Bonchev–Trinajstić information content (AvgIpc) is 2.90. The molecule has 6 heteroatoms. The zero-order chi connectivity index (χ0) is 11.8. The number of non-ortho nitro benzene ring substituents is 1. The zero-order valence-electron chi connectivity index (χ0n) is 8.61. The molecule has 0 aliphatic carbocycles. The third-order valence-corrected chi connectivity index (χ3v) is 3.37. The Hall–Kier alpha value is -2.21. The van der Waals surface area contributed by atoms with Crippen molar-refractivity contribution in [2.45, 2.75) is 0 Å². The molecule has 1 aromatic carbocycles. The molecule has 0 saturated heterocycles. The molecular weight excluding hydrogens is 238 g/mol. The van der Waals surface area contributed by atoms with Crippen LogP contribution in [0.5, 0.6) is 0 Å². The number of nitrogens with zero attached hydrogens (tertiary/aromatic N) is 3. The van der Waals surface area contributed by atoms with Crippen molar-refractivity contribution in [1.82, 2.24) is 9.38 Å². The topological polar surface area (TPSA) is 60.4 Å². The minimum Gasteiger partial charge on any atom is -0.290 e. The number of nitro groups is 1. The highest BCUT2D eigenvalue weighted by Crippen LogP contribution is 2.26. The summed E-state index contributed by atoms with van der Waals surface area (Å²) in [5.41, 5.74) is 2.04. The average molecular weight is 245 g/mol. The van der Waals surface area contributed by atoms with Crippen molar-refractivity contribution in [1.29, 1.82) is 0 Å². The minimum absolute atomic E-state index is 0.103. The smallest absolute Gasteiger partial charge is 0.269 e. The van der Waals surface area contributed by atoms with Gasteiger partial charge in [0.25, 0.3) is 5.69 Å². The molecule has 0 atom stereocenters. The molecule has 2 aromatic heterocycles. The van der Waals surface area contributed by atoms with Crippen molar-refractivity contribution >= 4 is 22.0 Å². The van der Waals surface area contributed by atoms with E-state index in [4.69, 9.17) is 0 Å². The Morgan fingerprint density at radius 3 is 2.76 bits per heavy atom. The summed E-state index contributed by atoms with van der Waals surface area (Å²) in [7, 11) is 0. The lowest BCUT2D eigenvalue weighted by Gasteiger charge is -1.99. The summed E-state index contributed by atoms with van der Waals surface area (Å²) in [4.78, 5) is 15.3. The third kappa shape index (κ3) is 1.58. The first-order valence-corrected chi connectivity index (χ1v) is 5.79. The van der Waals surface area contributed by atoms with E-state index < -0.39 is 4.92 Å². The Bertz CT molecular complexity index is 684. The highest BCUT2D eigenvalue weighted by atomic mass is 32.1. The molecule has 2 heterocycles. The van der Waals surface area contributed by atoms with E-state index in [0.717, 1.165) is 16.2 Å². The number of hydrogen-bond acceptors (Lipinski definition) is 4. The summed E-state index contributed by atoms with van der Waals surface area (Å²) in [5, 5.41) is 12.6. The number of thiazole rings is 1. The first-order chi connectivity index (χ1) is 8.25. The molecule has 0 bridgehead atoms. The molecule has 3 rings (SSSR count). The van der Waals surface area contributed by atoms with Gasteiger partial charge in [-0.25, -0.2) is 4.98 Å². The van der Waals surface area contributed by atoms with Crippen LogP contribution >= 0.6 is 11.3 Å². The van der Waals surface area contributed by atoms with E-state index in [-0.39, 0.29) is 5.69 Å². The Balaban J connectivity index is 2.10. The van der Waals surface area contributed by atoms with Crippen LogP contribution < -0.4 is 0 Å². The number of nitro benzene ring substituents is 1. The molecule has 3 aromatic rings. The quantitative estimate of drug-likeness (QED) is 0.515. The van der Waals surface area contributed by atoms with Gasteiger partial charge in [-0.2, -0.15) is 0 Å². The number of fused-ring (bicyclic) bond motifs is 1. The number of aromatic nitrogens is 2. The Kier molecular flexibility index (Phi) is 2.15. The van der Waals surface area contributed by atoms with Gasteiger partial charge in [-0.05, 0) is 17.7 Å². The molecule has 0 fully saturated rings. The normalized spacial score (nSPS) is 10.8. The van der Waals surface area contributed by atoms with Gasteiger partial charge in [0.1, 0.15) is 0 Å². The van der Waals surface area contributed by atoms with Gasteiger partial charge < -0.3 is 0 Å². The van der Waals surface area contributed by atoms with Crippen molar-refractivity contribution in [3.63, 3.8) is 0 Å². The van der Waals surface area contributed by atoms with E-state index in [9.17, 15) is 10.1 Å². The van der Waals surface area contributed by atoms with Gasteiger partial charge in [-0.15, -0.1) is 11.3 Å². The van der Waals surface area contributed by atoms with Crippen molar-refractivity contribution in [3.05, 3.63) is 52.2 Å². The molecule has 0 radical (unpaired) electrons. The van der Waals surface area contributed by atoms with Gasteiger partial charge >= 0.3 is 0 Å². The Morgan fingerprint density at radius 2 is 2.06 bits per heavy atom. The maximum atomic E-state index is 10.6. The van der Waals surface area contributed by atoms with Crippen molar-refractivity contribution < 1.29 is 4.92 Å². The number of benzene rings is 1. The van der Waals surface area contributed by atoms with Crippen molar-refractivity contribution in [2.24, 2.45) is 0 Å². The largest absolute Gasteiger partial charge is 0.290 e. The maximum Gasteiger partial charge on any atom is 0.269 e. The monoisotopic (exact) mass is 245 g/mol. The van der Waals surface area contributed by atoms with Crippen LogP contribution in [-0.2, 0) is 0 Å². The van der Waals surface area contributed by atoms with Crippen molar-refractivity contribution in [3.8, 4) is 11.3 Å². The molecular formula is C11H7N3O2S. The standard InChI is InChI=1S/C11H7N3O2S/c15-14(16)9-3-1-8(2-4-9)10-7-17-11-12-5-6-13(10)11/h1-7H. The number of imidazole rings is 1. The summed E-state index contributed by atoms with van der Waals surface area (Å²) >= 11 is 1.54. The van der Waals surface area contributed by atoms with Gasteiger partial charge in [0.15, 0.2) is 4.96 Å². The van der Waals surface area contributed by atoms with Gasteiger partial charge in [0, 0.05) is 29.9 Å². The third-order valence-electron chi connectivity index (χ3n) is 2.52. The van der Waals surface area contributed by atoms with Gasteiger partial charge in [-0.3, -0.25) is 14.5 Å². The van der Waals surface area contributed by atoms with Crippen LogP contribution in [0, 0.1) is 10.1 Å². The van der Waals surface area contributed by atoms with E-state index in [2.05, 4.69) is 4.98 Å². The molecule has 84 valence electrons. The van der Waals surface area contributed by atoms with Crippen LogP contribution in [0.15, 0.2) is 42.0 Å². The van der Waals surface area contributed by atoms with E-state index in [1.54, 1.807) is 29.7 Å². The molecule has 0 N–H and O–H groups in total. The molecule has 17 heavy (non-hydrogen) atoms. The van der Waals surface area contributed by atoms with E-state index in [0.29, 0.717) is 0 Å². The van der Waals surface area contributed by atoms with Gasteiger partial charge in [-0.1, -0.05) is 0 Å². The predicted molar refractivity (Wildman–Crippen MR) is 65.2 cm³/mol. The molecule has 0 saturated carbocycles.